The average Bonchev–Trinajstić information content (AvgIpc) is 2.89. The molecule has 0 bridgehead atoms. The third-order valence-electron chi connectivity index (χ3n) is 3.37. The standard InChI is InChI=1S/C12H16N6/c1-5-13-6-2-10(1)9-12-15-16-17-18(12)11-3-7-14-8-4-11/h3-4,7-8,10,13H,1-2,5-6,9H2. The molecule has 0 saturated carbocycles. The molecule has 6 heteroatoms. The first-order valence-electron chi connectivity index (χ1n) is 6.32. The Labute approximate surface area is 105 Å². The van der Waals surface area contributed by atoms with Crippen molar-refractivity contribution in [2.24, 2.45) is 5.92 Å². The molecule has 3 heterocycles. The van der Waals surface area contributed by atoms with Crippen LogP contribution in [0.25, 0.3) is 5.69 Å². The number of pyridine rings is 1. The maximum Gasteiger partial charge on any atom is 0.156 e. The largest absolute Gasteiger partial charge is 0.317 e. The lowest BCUT2D eigenvalue weighted by atomic mass is 9.94. The molecule has 2 aromatic heterocycles. The zero-order valence-electron chi connectivity index (χ0n) is 10.2. The maximum atomic E-state index is 4.15. The summed E-state index contributed by atoms with van der Waals surface area (Å²) in [4.78, 5) is 4.01. The van der Waals surface area contributed by atoms with Gasteiger partial charge in [0, 0.05) is 18.8 Å². The van der Waals surface area contributed by atoms with Crippen molar-refractivity contribution >= 4 is 0 Å². The van der Waals surface area contributed by atoms with Crippen LogP contribution in [0.15, 0.2) is 24.5 Å². The summed E-state index contributed by atoms with van der Waals surface area (Å²) in [7, 11) is 0. The van der Waals surface area contributed by atoms with E-state index in [2.05, 4.69) is 25.8 Å². The number of hydrogen-bond acceptors (Lipinski definition) is 5. The quantitative estimate of drug-likeness (QED) is 0.856. The van der Waals surface area contributed by atoms with Crippen molar-refractivity contribution in [3.8, 4) is 5.69 Å². The van der Waals surface area contributed by atoms with Gasteiger partial charge in [-0.25, -0.2) is 0 Å². The van der Waals surface area contributed by atoms with Crippen molar-refractivity contribution < 1.29 is 0 Å². The van der Waals surface area contributed by atoms with Crippen LogP contribution >= 0.6 is 0 Å². The molecular weight excluding hydrogens is 228 g/mol. The molecule has 0 spiro atoms. The van der Waals surface area contributed by atoms with Crippen molar-refractivity contribution in [3.63, 3.8) is 0 Å². The third-order valence-corrected chi connectivity index (χ3v) is 3.37. The Morgan fingerprint density at radius 2 is 2.00 bits per heavy atom. The van der Waals surface area contributed by atoms with Gasteiger partial charge >= 0.3 is 0 Å². The number of hydrogen-bond donors (Lipinski definition) is 1. The molecule has 1 aliphatic rings. The molecule has 0 unspecified atom stereocenters. The molecule has 6 nitrogen and oxygen atoms in total. The molecule has 3 rings (SSSR count). The van der Waals surface area contributed by atoms with Crippen molar-refractivity contribution in [2.45, 2.75) is 19.3 Å². The van der Waals surface area contributed by atoms with E-state index >= 15 is 0 Å². The Morgan fingerprint density at radius 1 is 1.22 bits per heavy atom. The molecule has 0 aliphatic carbocycles. The lowest BCUT2D eigenvalue weighted by Gasteiger charge is -2.21. The van der Waals surface area contributed by atoms with Gasteiger partial charge in [-0.2, -0.15) is 4.68 Å². The SMILES string of the molecule is c1cc(-n2nnnc2CC2CCNCC2)ccn1. The van der Waals surface area contributed by atoms with Gasteiger partial charge in [-0.15, -0.1) is 5.10 Å². The first-order valence-corrected chi connectivity index (χ1v) is 6.32. The maximum absolute atomic E-state index is 4.15. The highest BCUT2D eigenvalue weighted by Crippen LogP contribution is 2.17. The monoisotopic (exact) mass is 244 g/mol. The third kappa shape index (κ3) is 2.38. The number of nitrogens with zero attached hydrogens (tertiary/aromatic N) is 5. The van der Waals surface area contributed by atoms with Crippen LogP contribution in [-0.4, -0.2) is 38.3 Å². The summed E-state index contributed by atoms with van der Waals surface area (Å²) in [5, 5.41) is 15.4. The van der Waals surface area contributed by atoms with E-state index in [1.165, 1.54) is 12.8 Å². The first kappa shape index (κ1) is 11.3. The first-order chi connectivity index (χ1) is 8.93. The predicted octanol–water partition coefficient (Wildman–Crippen LogP) is 0.599. The van der Waals surface area contributed by atoms with Crippen LogP contribution in [0.5, 0.6) is 0 Å². The van der Waals surface area contributed by atoms with Crippen molar-refractivity contribution in [1.82, 2.24) is 30.5 Å². The van der Waals surface area contributed by atoms with Gasteiger partial charge in [0.15, 0.2) is 5.82 Å². The molecule has 1 aliphatic heterocycles. The van der Waals surface area contributed by atoms with Gasteiger partial charge in [-0.05, 0) is 54.4 Å². The van der Waals surface area contributed by atoms with E-state index in [9.17, 15) is 0 Å². The van der Waals surface area contributed by atoms with Gasteiger partial charge in [-0.1, -0.05) is 0 Å². The Balaban J connectivity index is 1.79. The second kappa shape index (κ2) is 5.22. The van der Waals surface area contributed by atoms with E-state index in [1.807, 2.05) is 16.8 Å². The minimum atomic E-state index is 0.679. The van der Waals surface area contributed by atoms with E-state index < -0.39 is 0 Å². The van der Waals surface area contributed by atoms with Crippen LogP contribution < -0.4 is 5.32 Å². The molecule has 94 valence electrons. The number of piperidine rings is 1. The Hall–Kier alpha value is -1.82. The van der Waals surface area contributed by atoms with E-state index in [0.717, 1.165) is 31.0 Å². The lowest BCUT2D eigenvalue weighted by Crippen LogP contribution is -2.29. The van der Waals surface area contributed by atoms with E-state index in [1.54, 1.807) is 12.4 Å². The zero-order valence-corrected chi connectivity index (χ0v) is 10.2. The fourth-order valence-electron chi connectivity index (χ4n) is 2.36. The molecular formula is C12H16N6. The van der Waals surface area contributed by atoms with Gasteiger partial charge < -0.3 is 5.32 Å². The van der Waals surface area contributed by atoms with Crippen LogP contribution in [0.4, 0.5) is 0 Å². The van der Waals surface area contributed by atoms with Crippen molar-refractivity contribution in [3.05, 3.63) is 30.4 Å². The van der Waals surface area contributed by atoms with Crippen LogP contribution in [-0.2, 0) is 6.42 Å². The van der Waals surface area contributed by atoms with Crippen molar-refractivity contribution in [2.75, 3.05) is 13.1 Å². The molecule has 1 saturated heterocycles. The number of rotatable bonds is 3. The normalized spacial score (nSPS) is 16.9. The second-order valence-corrected chi connectivity index (χ2v) is 4.61. The molecule has 18 heavy (non-hydrogen) atoms. The van der Waals surface area contributed by atoms with E-state index in [4.69, 9.17) is 0 Å². The van der Waals surface area contributed by atoms with E-state index in [0.29, 0.717) is 5.92 Å². The number of aromatic nitrogens is 5. The topological polar surface area (TPSA) is 68.5 Å². The predicted molar refractivity (Wildman–Crippen MR) is 66.2 cm³/mol. The average molecular weight is 244 g/mol. The van der Waals surface area contributed by atoms with E-state index in [-0.39, 0.29) is 0 Å². The Kier molecular flexibility index (Phi) is 3.27. The number of tetrazole rings is 1. The summed E-state index contributed by atoms with van der Waals surface area (Å²) in [6.07, 6.45) is 6.85. The van der Waals surface area contributed by atoms with Gasteiger partial charge in [0.25, 0.3) is 0 Å². The van der Waals surface area contributed by atoms with Crippen LogP contribution in [0.2, 0.25) is 0 Å². The minimum absolute atomic E-state index is 0.679. The van der Waals surface area contributed by atoms with Gasteiger partial charge in [0.2, 0.25) is 0 Å². The highest BCUT2D eigenvalue weighted by Gasteiger charge is 2.17. The Bertz CT molecular complexity index is 488. The minimum Gasteiger partial charge on any atom is -0.317 e. The zero-order chi connectivity index (χ0) is 12.2. The summed E-state index contributed by atoms with van der Waals surface area (Å²) in [6, 6.07) is 3.84. The fraction of sp³-hybridized carbons (Fsp3) is 0.500. The summed E-state index contributed by atoms with van der Waals surface area (Å²) in [6.45, 7) is 2.20. The highest BCUT2D eigenvalue weighted by atomic mass is 15.5. The molecule has 1 N–H and O–H groups in total. The number of nitrogens with one attached hydrogen (secondary N) is 1. The van der Waals surface area contributed by atoms with Crippen LogP contribution in [0.1, 0.15) is 18.7 Å². The fourth-order valence-corrected chi connectivity index (χ4v) is 2.36. The van der Waals surface area contributed by atoms with Gasteiger partial charge in [0.1, 0.15) is 0 Å². The molecule has 0 amide bonds. The summed E-state index contributed by atoms with van der Waals surface area (Å²) >= 11 is 0. The van der Waals surface area contributed by atoms with Gasteiger partial charge in [0.05, 0.1) is 5.69 Å². The molecule has 0 aromatic carbocycles. The molecule has 2 aromatic rings. The summed E-state index contributed by atoms with van der Waals surface area (Å²) < 4.78 is 1.81. The second-order valence-electron chi connectivity index (χ2n) is 4.61. The molecule has 0 radical (unpaired) electrons. The van der Waals surface area contributed by atoms with Crippen LogP contribution in [0, 0.1) is 5.92 Å². The smallest absolute Gasteiger partial charge is 0.156 e. The summed E-state index contributed by atoms with van der Waals surface area (Å²) in [5.74, 6) is 1.62. The van der Waals surface area contributed by atoms with Crippen LogP contribution in [0.3, 0.4) is 0 Å². The van der Waals surface area contributed by atoms with Gasteiger partial charge in [-0.3, -0.25) is 4.98 Å². The molecule has 1 fully saturated rings. The summed E-state index contributed by atoms with van der Waals surface area (Å²) in [5.41, 5.74) is 0.971. The van der Waals surface area contributed by atoms with Crippen molar-refractivity contribution in [1.29, 1.82) is 0 Å². The lowest BCUT2D eigenvalue weighted by molar-refractivity contribution is 0.365. The highest BCUT2D eigenvalue weighted by molar-refractivity contribution is 5.27. The molecule has 0 atom stereocenters. The Morgan fingerprint density at radius 3 is 2.78 bits per heavy atom.